The first-order valence-electron chi connectivity index (χ1n) is 6.04. The molecule has 2 atom stereocenters. The molecule has 0 amide bonds. The molecule has 1 nitrogen and oxygen atoms in total. The third kappa shape index (κ3) is 4.18. The molecule has 1 saturated heterocycles. The average molecular weight is 218 g/mol. The Labute approximate surface area is 93.8 Å². The summed E-state index contributed by atoms with van der Waals surface area (Å²) in [5.41, 5.74) is 0. The summed E-state index contributed by atoms with van der Waals surface area (Å²) in [6, 6.07) is 0. The van der Waals surface area contributed by atoms with Gasteiger partial charge in [0.1, 0.15) is 0 Å². The van der Waals surface area contributed by atoms with E-state index in [9.17, 15) is 0 Å². The van der Waals surface area contributed by atoms with Crippen LogP contribution < -0.4 is 0 Å². The maximum Gasteiger partial charge on any atom is 0.0261 e. The van der Waals surface area contributed by atoms with Crippen molar-refractivity contribution < 1.29 is 0 Å². The van der Waals surface area contributed by atoms with Gasteiger partial charge in [0.05, 0.1) is 0 Å². The maximum atomic E-state index is 5.84. The zero-order chi connectivity index (χ0) is 10.4. The lowest BCUT2D eigenvalue weighted by molar-refractivity contribution is 0.251. The molecule has 0 bridgehead atoms. The van der Waals surface area contributed by atoms with Crippen LogP contribution in [0.25, 0.3) is 0 Å². The van der Waals surface area contributed by atoms with Crippen molar-refractivity contribution in [3.63, 3.8) is 0 Å². The smallest absolute Gasteiger partial charge is 0.0261 e. The van der Waals surface area contributed by atoms with Crippen LogP contribution in [0.3, 0.4) is 0 Å². The molecule has 1 rings (SSSR count). The Hall–Kier alpha value is 0.250. The Morgan fingerprint density at radius 3 is 2.79 bits per heavy atom. The standard InChI is InChI=1S/C12H24ClN/c1-3-12-5-4-7-14(8-6-12)10-11(2)9-13/h11-12H,3-10H2,1-2H3. The molecule has 2 heteroatoms. The van der Waals surface area contributed by atoms with Crippen LogP contribution in [0.5, 0.6) is 0 Å². The van der Waals surface area contributed by atoms with Crippen LogP contribution >= 0.6 is 11.6 Å². The summed E-state index contributed by atoms with van der Waals surface area (Å²) >= 11 is 5.84. The molecule has 14 heavy (non-hydrogen) atoms. The summed E-state index contributed by atoms with van der Waals surface area (Å²) in [6.45, 7) is 8.34. The molecular formula is C12H24ClN. The Morgan fingerprint density at radius 1 is 1.36 bits per heavy atom. The number of nitrogens with zero attached hydrogens (tertiary/aromatic N) is 1. The fraction of sp³-hybridized carbons (Fsp3) is 1.00. The van der Waals surface area contributed by atoms with Gasteiger partial charge in [0.25, 0.3) is 0 Å². The Bertz CT molecular complexity index is 149. The predicted molar refractivity (Wildman–Crippen MR) is 64.0 cm³/mol. The summed E-state index contributed by atoms with van der Waals surface area (Å²) in [4.78, 5) is 2.60. The van der Waals surface area contributed by atoms with Gasteiger partial charge in [0, 0.05) is 12.4 Å². The van der Waals surface area contributed by atoms with E-state index in [4.69, 9.17) is 11.6 Å². The molecule has 1 aliphatic rings. The minimum Gasteiger partial charge on any atom is -0.303 e. The molecule has 1 aliphatic heterocycles. The van der Waals surface area contributed by atoms with E-state index in [0.29, 0.717) is 5.92 Å². The number of halogens is 1. The number of alkyl halides is 1. The molecule has 0 N–H and O–H groups in total. The fourth-order valence-electron chi connectivity index (χ4n) is 2.31. The second-order valence-corrected chi connectivity index (χ2v) is 5.07. The topological polar surface area (TPSA) is 3.24 Å². The first kappa shape index (κ1) is 12.3. The van der Waals surface area contributed by atoms with Crippen LogP contribution in [0, 0.1) is 11.8 Å². The molecule has 0 saturated carbocycles. The second-order valence-electron chi connectivity index (χ2n) is 4.77. The van der Waals surface area contributed by atoms with E-state index in [0.717, 1.165) is 11.8 Å². The highest BCUT2D eigenvalue weighted by Gasteiger charge is 2.16. The van der Waals surface area contributed by atoms with Crippen LogP contribution in [0.15, 0.2) is 0 Å². The Kier molecular flexibility index (Phi) is 5.88. The van der Waals surface area contributed by atoms with Crippen molar-refractivity contribution >= 4 is 11.6 Å². The Morgan fingerprint density at radius 2 is 2.14 bits per heavy atom. The van der Waals surface area contributed by atoms with Gasteiger partial charge in [-0.2, -0.15) is 0 Å². The van der Waals surface area contributed by atoms with Crippen LogP contribution in [-0.4, -0.2) is 30.4 Å². The van der Waals surface area contributed by atoms with Gasteiger partial charge < -0.3 is 4.90 Å². The largest absolute Gasteiger partial charge is 0.303 e. The van der Waals surface area contributed by atoms with E-state index in [1.54, 1.807) is 0 Å². The monoisotopic (exact) mass is 217 g/mol. The summed E-state index contributed by atoms with van der Waals surface area (Å²) < 4.78 is 0. The van der Waals surface area contributed by atoms with Crippen molar-refractivity contribution in [2.75, 3.05) is 25.5 Å². The first-order valence-corrected chi connectivity index (χ1v) is 6.58. The van der Waals surface area contributed by atoms with Gasteiger partial charge in [-0.05, 0) is 44.2 Å². The van der Waals surface area contributed by atoms with Gasteiger partial charge in [-0.1, -0.05) is 20.3 Å². The molecule has 1 fully saturated rings. The predicted octanol–water partition coefficient (Wildman–Crippen LogP) is 3.37. The number of likely N-dealkylation sites (tertiary alicyclic amines) is 1. The van der Waals surface area contributed by atoms with Crippen molar-refractivity contribution in [1.82, 2.24) is 4.90 Å². The number of hydrogen-bond acceptors (Lipinski definition) is 1. The van der Waals surface area contributed by atoms with E-state index in [1.807, 2.05) is 0 Å². The summed E-state index contributed by atoms with van der Waals surface area (Å²) in [5, 5.41) is 0. The quantitative estimate of drug-likeness (QED) is 0.653. The van der Waals surface area contributed by atoms with E-state index in [-0.39, 0.29) is 0 Å². The minimum absolute atomic E-state index is 0.648. The van der Waals surface area contributed by atoms with Crippen molar-refractivity contribution in [3.8, 4) is 0 Å². The van der Waals surface area contributed by atoms with Gasteiger partial charge in [-0.25, -0.2) is 0 Å². The van der Waals surface area contributed by atoms with Gasteiger partial charge in [0.15, 0.2) is 0 Å². The van der Waals surface area contributed by atoms with Gasteiger partial charge in [0.2, 0.25) is 0 Å². The first-order chi connectivity index (χ1) is 6.76. The Balaban J connectivity index is 2.27. The summed E-state index contributed by atoms with van der Waals surface area (Å²) in [7, 11) is 0. The van der Waals surface area contributed by atoms with Gasteiger partial charge >= 0.3 is 0 Å². The molecule has 0 spiro atoms. The van der Waals surface area contributed by atoms with Crippen LogP contribution in [-0.2, 0) is 0 Å². The third-order valence-electron chi connectivity index (χ3n) is 3.35. The highest BCUT2D eigenvalue weighted by atomic mass is 35.5. The molecular weight excluding hydrogens is 194 g/mol. The van der Waals surface area contributed by atoms with Gasteiger partial charge in [-0.15, -0.1) is 11.6 Å². The maximum absolute atomic E-state index is 5.84. The molecule has 2 unspecified atom stereocenters. The fourth-order valence-corrected chi connectivity index (χ4v) is 2.40. The van der Waals surface area contributed by atoms with E-state index in [1.165, 1.54) is 45.3 Å². The van der Waals surface area contributed by atoms with Crippen molar-refractivity contribution in [2.45, 2.75) is 39.5 Å². The van der Waals surface area contributed by atoms with Gasteiger partial charge in [-0.3, -0.25) is 0 Å². The lowest BCUT2D eigenvalue weighted by atomic mass is 9.98. The molecule has 0 radical (unpaired) electrons. The molecule has 84 valence electrons. The highest BCUT2D eigenvalue weighted by molar-refractivity contribution is 6.18. The van der Waals surface area contributed by atoms with Crippen LogP contribution in [0.1, 0.15) is 39.5 Å². The molecule has 0 aliphatic carbocycles. The summed E-state index contributed by atoms with van der Waals surface area (Å²) in [6.07, 6.45) is 5.57. The lowest BCUT2D eigenvalue weighted by Crippen LogP contribution is -2.30. The average Bonchev–Trinajstić information content (AvgIpc) is 2.43. The van der Waals surface area contributed by atoms with Crippen molar-refractivity contribution in [1.29, 1.82) is 0 Å². The molecule has 1 heterocycles. The molecule has 0 aromatic rings. The minimum atomic E-state index is 0.648. The van der Waals surface area contributed by atoms with Crippen LogP contribution in [0.4, 0.5) is 0 Å². The summed E-state index contributed by atoms with van der Waals surface area (Å²) in [5.74, 6) is 2.43. The number of rotatable bonds is 4. The third-order valence-corrected chi connectivity index (χ3v) is 3.88. The zero-order valence-corrected chi connectivity index (χ0v) is 10.4. The van der Waals surface area contributed by atoms with Crippen molar-refractivity contribution in [3.05, 3.63) is 0 Å². The van der Waals surface area contributed by atoms with Crippen LogP contribution in [0.2, 0.25) is 0 Å². The number of hydrogen-bond donors (Lipinski definition) is 0. The lowest BCUT2D eigenvalue weighted by Gasteiger charge is -2.22. The van der Waals surface area contributed by atoms with E-state index < -0.39 is 0 Å². The molecule has 0 aromatic carbocycles. The molecule has 0 aromatic heterocycles. The zero-order valence-electron chi connectivity index (χ0n) is 9.64. The normalized spacial score (nSPS) is 27.2. The van der Waals surface area contributed by atoms with Crippen molar-refractivity contribution in [2.24, 2.45) is 11.8 Å². The SMILES string of the molecule is CCC1CCCN(CC(C)CCl)CC1. The van der Waals surface area contributed by atoms with E-state index >= 15 is 0 Å². The second kappa shape index (κ2) is 6.68. The highest BCUT2D eigenvalue weighted by Crippen LogP contribution is 2.20. The van der Waals surface area contributed by atoms with E-state index in [2.05, 4.69) is 18.7 Å².